The van der Waals surface area contributed by atoms with Gasteiger partial charge in [0.2, 0.25) is 0 Å². The number of halogens is 1. The summed E-state index contributed by atoms with van der Waals surface area (Å²) in [5.41, 5.74) is 2.90. The fourth-order valence-electron chi connectivity index (χ4n) is 2.08. The second-order valence-corrected chi connectivity index (χ2v) is 3.87. The highest BCUT2D eigenvalue weighted by Crippen LogP contribution is 2.21. The Labute approximate surface area is 84.3 Å². The summed E-state index contributed by atoms with van der Waals surface area (Å²) in [6.45, 7) is 0.585. The molecule has 0 spiro atoms. The van der Waals surface area contributed by atoms with Crippen LogP contribution < -0.4 is 5.32 Å². The van der Waals surface area contributed by atoms with Gasteiger partial charge < -0.3 is 5.32 Å². The zero-order valence-electron chi connectivity index (χ0n) is 8.30. The molecule has 1 aromatic rings. The van der Waals surface area contributed by atoms with Gasteiger partial charge in [-0.15, -0.1) is 0 Å². The quantitative estimate of drug-likeness (QED) is 0.722. The molecule has 0 bridgehead atoms. The van der Waals surface area contributed by atoms with Crippen LogP contribution in [0.1, 0.15) is 17.5 Å². The standard InChI is InChI=1S/C12H16FN/c13-6-3-7-14-12-8-10-4-1-2-5-11(10)9-12/h1-2,4-5,12,14H,3,6-9H2. The van der Waals surface area contributed by atoms with Crippen molar-refractivity contribution in [1.29, 1.82) is 0 Å². The van der Waals surface area contributed by atoms with E-state index in [4.69, 9.17) is 0 Å². The smallest absolute Gasteiger partial charge is 0.0906 e. The number of hydrogen-bond donors (Lipinski definition) is 1. The third kappa shape index (κ3) is 2.13. The lowest BCUT2D eigenvalue weighted by molar-refractivity contribution is 0.439. The molecule has 0 radical (unpaired) electrons. The molecule has 0 aromatic heterocycles. The summed E-state index contributed by atoms with van der Waals surface area (Å²) in [7, 11) is 0. The molecule has 0 amide bonds. The molecule has 14 heavy (non-hydrogen) atoms. The summed E-state index contributed by atoms with van der Waals surface area (Å²) >= 11 is 0. The second kappa shape index (κ2) is 4.56. The van der Waals surface area contributed by atoms with E-state index in [1.807, 2.05) is 0 Å². The predicted molar refractivity (Wildman–Crippen MR) is 56.2 cm³/mol. The molecule has 1 aromatic carbocycles. The van der Waals surface area contributed by atoms with Crippen molar-refractivity contribution in [3.63, 3.8) is 0 Å². The Bertz CT molecular complexity index is 273. The van der Waals surface area contributed by atoms with Crippen LogP contribution in [0.25, 0.3) is 0 Å². The van der Waals surface area contributed by atoms with E-state index in [0.29, 0.717) is 12.5 Å². The number of nitrogens with one attached hydrogen (secondary N) is 1. The van der Waals surface area contributed by atoms with E-state index in [0.717, 1.165) is 19.4 Å². The van der Waals surface area contributed by atoms with Crippen molar-refractivity contribution in [2.45, 2.75) is 25.3 Å². The summed E-state index contributed by atoms with van der Waals surface area (Å²) in [6, 6.07) is 9.07. The van der Waals surface area contributed by atoms with Gasteiger partial charge in [0.15, 0.2) is 0 Å². The highest BCUT2D eigenvalue weighted by Gasteiger charge is 2.19. The van der Waals surface area contributed by atoms with Gasteiger partial charge >= 0.3 is 0 Å². The molecule has 2 heteroatoms. The first-order chi connectivity index (χ1) is 6.90. The zero-order valence-corrected chi connectivity index (χ0v) is 8.30. The minimum absolute atomic E-state index is 0.216. The predicted octanol–water partition coefficient (Wildman–Crippen LogP) is 2.10. The highest BCUT2D eigenvalue weighted by molar-refractivity contribution is 5.33. The highest BCUT2D eigenvalue weighted by atomic mass is 19.1. The zero-order chi connectivity index (χ0) is 9.80. The maximum atomic E-state index is 11.9. The van der Waals surface area contributed by atoms with E-state index < -0.39 is 0 Å². The molecular weight excluding hydrogens is 177 g/mol. The van der Waals surface area contributed by atoms with E-state index in [1.54, 1.807) is 0 Å². The van der Waals surface area contributed by atoms with Crippen LogP contribution in [0.5, 0.6) is 0 Å². The summed E-state index contributed by atoms with van der Waals surface area (Å²) < 4.78 is 11.9. The first-order valence-corrected chi connectivity index (χ1v) is 5.26. The Kier molecular flexibility index (Phi) is 3.14. The molecular formula is C12H16FN. The van der Waals surface area contributed by atoms with Crippen molar-refractivity contribution in [3.05, 3.63) is 35.4 Å². The van der Waals surface area contributed by atoms with Crippen LogP contribution >= 0.6 is 0 Å². The van der Waals surface area contributed by atoms with Crippen LogP contribution in [0.3, 0.4) is 0 Å². The van der Waals surface area contributed by atoms with Crippen molar-refractivity contribution in [2.75, 3.05) is 13.2 Å². The Hall–Kier alpha value is -0.890. The fourth-order valence-corrected chi connectivity index (χ4v) is 2.08. The number of rotatable bonds is 4. The van der Waals surface area contributed by atoms with Crippen LogP contribution in [-0.2, 0) is 12.8 Å². The van der Waals surface area contributed by atoms with Gasteiger partial charge in [-0.25, -0.2) is 0 Å². The van der Waals surface area contributed by atoms with Crippen LogP contribution in [0.15, 0.2) is 24.3 Å². The van der Waals surface area contributed by atoms with E-state index in [-0.39, 0.29) is 6.67 Å². The molecule has 1 aliphatic rings. The first kappa shape index (κ1) is 9.66. The van der Waals surface area contributed by atoms with Gasteiger partial charge in [-0.2, -0.15) is 0 Å². The molecule has 0 saturated carbocycles. The number of alkyl halides is 1. The molecule has 1 N–H and O–H groups in total. The molecule has 0 unspecified atom stereocenters. The van der Waals surface area contributed by atoms with E-state index in [9.17, 15) is 4.39 Å². The largest absolute Gasteiger partial charge is 0.313 e. The lowest BCUT2D eigenvalue weighted by Crippen LogP contribution is -2.30. The molecule has 2 rings (SSSR count). The van der Waals surface area contributed by atoms with Gasteiger partial charge in [0, 0.05) is 6.04 Å². The summed E-state index contributed by atoms with van der Waals surface area (Å²) in [6.07, 6.45) is 2.83. The minimum atomic E-state index is -0.216. The molecule has 1 aliphatic carbocycles. The van der Waals surface area contributed by atoms with E-state index in [1.165, 1.54) is 11.1 Å². The van der Waals surface area contributed by atoms with Gasteiger partial charge in [0.25, 0.3) is 0 Å². The van der Waals surface area contributed by atoms with Gasteiger partial charge in [-0.05, 0) is 36.9 Å². The summed E-state index contributed by atoms with van der Waals surface area (Å²) in [5.74, 6) is 0. The Morgan fingerprint density at radius 2 is 1.86 bits per heavy atom. The van der Waals surface area contributed by atoms with Crippen molar-refractivity contribution >= 4 is 0 Å². The van der Waals surface area contributed by atoms with Crippen LogP contribution in [0, 0.1) is 0 Å². The van der Waals surface area contributed by atoms with Crippen LogP contribution in [0.2, 0.25) is 0 Å². The minimum Gasteiger partial charge on any atom is -0.313 e. The Morgan fingerprint density at radius 1 is 1.21 bits per heavy atom. The average Bonchev–Trinajstić information content (AvgIpc) is 2.60. The monoisotopic (exact) mass is 193 g/mol. The van der Waals surface area contributed by atoms with Crippen molar-refractivity contribution in [2.24, 2.45) is 0 Å². The fraction of sp³-hybridized carbons (Fsp3) is 0.500. The molecule has 76 valence electrons. The molecule has 0 fully saturated rings. The lowest BCUT2D eigenvalue weighted by atomic mass is 10.1. The maximum absolute atomic E-state index is 11.9. The molecule has 0 atom stereocenters. The number of fused-ring (bicyclic) bond motifs is 1. The SMILES string of the molecule is FCCCNC1Cc2ccccc2C1. The summed E-state index contributed by atoms with van der Waals surface area (Å²) in [4.78, 5) is 0. The van der Waals surface area contributed by atoms with Gasteiger partial charge in [-0.3, -0.25) is 4.39 Å². The molecule has 0 heterocycles. The summed E-state index contributed by atoms with van der Waals surface area (Å²) in [5, 5.41) is 3.39. The molecule has 0 saturated heterocycles. The van der Waals surface area contributed by atoms with Crippen molar-refractivity contribution in [3.8, 4) is 0 Å². The van der Waals surface area contributed by atoms with Gasteiger partial charge in [0.05, 0.1) is 6.67 Å². The van der Waals surface area contributed by atoms with Crippen LogP contribution in [-0.4, -0.2) is 19.3 Å². The maximum Gasteiger partial charge on any atom is 0.0906 e. The molecule has 1 nitrogen and oxygen atoms in total. The van der Waals surface area contributed by atoms with Gasteiger partial charge in [0.1, 0.15) is 0 Å². The van der Waals surface area contributed by atoms with Gasteiger partial charge in [-0.1, -0.05) is 24.3 Å². The van der Waals surface area contributed by atoms with Crippen molar-refractivity contribution in [1.82, 2.24) is 5.32 Å². The number of hydrogen-bond acceptors (Lipinski definition) is 1. The Balaban J connectivity index is 1.86. The topological polar surface area (TPSA) is 12.0 Å². The average molecular weight is 193 g/mol. The Morgan fingerprint density at radius 3 is 2.43 bits per heavy atom. The van der Waals surface area contributed by atoms with E-state index in [2.05, 4.69) is 29.6 Å². The second-order valence-electron chi connectivity index (χ2n) is 3.87. The lowest BCUT2D eigenvalue weighted by Gasteiger charge is -2.10. The van der Waals surface area contributed by atoms with E-state index >= 15 is 0 Å². The van der Waals surface area contributed by atoms with Crippen molar-refractivity contribution < 1.29 is 4.39 Å². The third-order valence-electron chi connectivity index (χ3n) is 2.79. The first-order valence-electron chi connectivity index (χ1n) is 5.26. The normalized spacial score (nSPS) is 15.8. The number of benzene rings is 1. The molecule has 0 aliphatic heterocycles. The van der Waals surface area contributed by atoms with Crippen LogP contribution in [0.4, 0.5) is 4.39 Å². The third-order valence-corrected chi connectivity index (χ3v) is 2.79.